The highest BCUT2D eigenvalue weighted by atomic mass is 35.5. The number of hydrogen-bond acceptors (Lipinski definition) is 5. The highest BCUT2D eigenvalue weighted by Crippen LogP contribution is 2.22. The summed E-state index contributed by atoms with van der Waals surface area (Å²) in [6, 6.07) is 9.87. The first-order valence-corrected chi connectivity index (χ1v) is 8.69. The maximum atomic E-state index is 12.1. The van der Waals surface area contributed by atoms with Crippen molar-refractivity contribution in [2.75, 3.05) is 11.9 Å². The second-order valence-electron chi connectivity index (χ2n) is 5.56. The SMILES string of the molecule is CC(=O)N[C@@H](CC(=O)OCC(=O)Nc1ncc(Cl)cc1Cl)c1ccccc1. The molecule has 7 nitrogen and oxygen atoms in total. The number of benzene rings is 1. The van der Waals surface area contributed by atoms with E-state index in [0.29, 0.717) is 5.02 Å². The van der Waals surface area contributed by atoms with Crippen molar-refractivity contribution in [1.82, 2.24) is 10.3 Å². The second kappa shape index (κ2) is 9.89. The van der Waals surface area contributed by atoms with Crippen LogP contribution in [0.1, 0.15) is 24.9 Å². The number of nitrogens with zero attached hydrogens (tertiary/aromatic N) is 1. The lowest BCUT2D eigenvalue weighted by Crippen LogP contribution is -2.29. The highest BCUT2D eigenvalue weighted by Gasteiger charge is 2.19. The largest absolute Gasteiger partial charge is 0.455 e. The maximum Gasteiger partial charge on any atom is 0.308 e. The minimum Gasteiger partial charge on any atom is -0.455 e. The van der Waals surface area contributed by atoms with Gasteiger partial charge in [0.15, 0.2) is 12.4 Å². The van der Waals surface area contributed by atoms with E-state index in [0.717, 1.165) is 5.56 Å². The fourth-order valence-electron chi connectivity index (χ4n) is 2.23. The first kappa shape index (κ1) is 20.7. The molecule has 0 aliphatic carbocycles. The number of halogens is 2. The van der Waals surface area contributed by atoms with Crippen LogP contribution in [0.2, 0.25) is 10.0 Å². The summed E-state index contributed by atoms with van der Waals surface area (Å²) in [4.78, 5) is 39.2. The molecular formula is C18H17Cl2N3O4. The van der Waals surface area contributed by atoms with Gasteiger partial charge in [0.25, 0.3) is 5.91 Å². The third kappa shape index (κ3) is 6.88. The van der Waals surface area contributed by atoms with Crippen LogP contribution < -0.4 is 10.6 Å². The van der Waals surface area contributed by atoms with E-state index >= 15 is 0 Å². The topological polar surface area (TPSA) is 97.4 Å². The molecule has 0 spiro atoms. The van der Waals surface area contributed by atoms with Crippen LogP contribution in [0.5, 0.6) is 0 Å². The summed E-state index contributed by atoms with van der Waals surface area (Å²) in [6.07, 6.45) is 1.21. The lowest BCUT2D eigenvalue weighted by molar-refractivity contribution is -0.148. The van der Waals surface area contributed by atoms with E-state index in [1.807, 2.05) is 6.07 Å². The molecular weight excluding hydrogens is 393 g/mol. The fraction of sp³-hybridized carbons (Fsp3) is 0.222. The molecule has 0 aliphatic rings. The molecule has 142 valence electrons. The third-order valence-corrected chi connectivity index (χ3v) is 3.87. The molecule has 0 fully saturated rings. The average Bonchev–Trinajstić information content (AvgIpc) is 2.62. The Balaban J connectivity index is 1.89. The minimum atomic E-state index is -0.636. The van der Waals surface area contributed by atoms with Gasteiger partial charge in [0.05, 0.1) is 22.5 Å². The number of rotatable bonds is 7. The molecule has 27 heavy (non-hydrogen) atoms. The quantitative estimate of drug-likeness (QED) is 0.684. The molecule has 0 saturated heterocycles. The van der Waals surface area contributed by atoms with Gasteiger partial charge in [-0.25, -0.2) is 4.98 Å². The van der Waals surface area contributed by atoms with Gasteiger partial charge < -0.3 is 15.4 Å². The van der Waals surface area contributed by atoms with Gasteiger partial charge in [0, 0.05) is 13.1 Å². The second-order valence-corrected chi connectivity index (χ2v) is 6.40. The Morgan fingerprint density at radius 2 is 1.89 bits per heavy atom. The normalized spacial score (nSPS) is 11.4. The molecule has 2 aromatic rings. The molecule has 2 rings (SSSR count). The van der Waals surface area contributed by atoms with Gasteiger partial charge in [0.2, 0.25) is 5.91 Å². The van der Waals surface area contributed by atoms with E-state index in [1.165, 1.54) is 19.2 Å². The van der Waals surface area contributed by atoms with Crippen LogP contribution in [0.25, 0.3) is 0 Å². The smallest absolute Gasteiger partial charge is 0.308 e. The summed E-state index contributed by atoms with van der Waals surface area (Å²) in [6.45, 7) is 0.846. The molecule has 2 N–H and O–H groups in total. The van der Waals surface area contributed by atoms with Gasteiger partial charge >= 0.3 is 5.97 Å². The molecule has 0 radical (unpaired) electrons. The lowest BCUT2D eigenvalue weighted by atomic mass is 10.0. The number of nitrogens with one attached hydrogen (secondary N) is 2. The Morgan fingerprint density at radius 3 is 2.52 bits per heavy atom. The summed E-state index contributed by atoms with van der Waals surface area (Å²) in [5.41, 5.74) is 0.756. The van der Waals surface area contributed by atoms with Crippen LogP contribution in [-0.4, -0.2) is 29.4 Å². The summed E-state index contributed by atoms with van der Waals surface area (Å²) >= 11 is 11.6. The van der Waals surface area contributed by atoms with Crippen LogP contribution in [-0.2, 0) is 19.1 Å². The van der Waals surface area contributed by atoms with Crippen molar-refractivity contribution in [3.8, 4) is 0 Å². The number of esters is 1. The van der Waals surface area contributed by atoms with E-state index in [9.17, 15) is 14.4 Å². The summed E-state index contributed by atoms with van der Waals surface area (Å²) < 4.78 is 4.97. The maximum absolute atomic E-state index is 12.1. The molecule has 0 unspecified atom stereocenters. The molecule has 2 amide bonds. The van der Waals surface area contributed by atoms with Crippen molar-refractivity contribution in [2.24, 2.45) is 0 Å². The Bertz CT molecular complexity index is 831. The number of carbonyl (C=O) groups is 3. The third-order valence-electron chi connectivity index (χ3n) is 3.38. The van der Waals surface area contributed by atoms with E-state index in [-0.39, 0.29) is 23.2 Å². The molecule has 0 aliphatic heterocycles. The van der Waals surface area contributed by atoms with E-state index in [2.05, 4.69) is 15.6 Å². The number of carbonyl (C=O) groups excluding carboxylic acids is 3. The van der Waals surface area contributed by atoms with Crippen molar-refractivity contribution in [3.63, 3.8) is 0 Å². The lowest BCUT2D eigenvalue weighted by Gasteiger charge is -2.17. The van der Waals surface area contributed by atoms with Crippen molar-refractivity contribution >= 4 is 46.8 Å². The molecule has 1 atom stereocenters. The van der Waals surface area contributed by atoms with Gasteiger partial charge in [-0.15, -0.1) is 0 Å². The molecule has 0 bridgehead atoms. The van der Waals surface area contributed by atoms with Crippen LogP contribution in [0.4, 0.5) is 5.82 Å². The molecule has 1 heterocycles. The van der Waals surface area contributed by atoms with Crippen molar-refractivity contribution in [2.45, 2.75) is 19.4 Å². The summed E-state index contributed by atoms with van der Waals surface area (Å²) in [7, 11) is 0. The zero-order valence-electron chi connectivity index (χ0n) is 14.4. The van der Waals surface area contributed by atoms with Crippen LogP contribution in [0, 0.1) is 0 Å². The van der Waals surface area contributed by atoms with Crippen molar-refractivity contribution in [1.29, 1.82) is 0 Å². The van der Waals surface area contributed by atoms with Crippen LogP contribution in [0.3, 0.4) is 0 Å². The van der Waals surface area contributed by atoms with Crippen molar-refractivity contribution < 1.29 is 19.1 Å². The Labute approximate surface area is 166 Å². The molecule has 9 heteroatoms. The highest BCUT2D eigenvalue weighted by molar-refractivity contribution is 6.36. The first-order chi connectivity index (χ1) is 12.8. The molecule has 0 saturated carbocycles. The Morgan fingerprint density at radius 1 is 1.19 bits per heavy atom. The predicted octanol–water partition coefficient (Wildman–Crippen LogP) is 3.14. The first-order valence-electron chi connectivity index (χ1n) is 7.93. The zero-order valence-corrected chi connectivity index (χ0v) is 15.9. The number of ether oxygens (including phenoxy) is 1. The number of pyridine rings is 1. The number of anilines is 1. The Kier molecular flexibility index (Phi) is 7.57. The van der Waals surface area contributed by atoms with Gasteiger partial charge in [-0.1, -0.05) is 53.5 Å². The zero-order chi connectivity index (χ0) is 19.8. The van der Waals surface area contributed by atoms with E-state index in [1.54, 1.807) is 24.3 Å². The molecule has 1 aromatic heterocycles. The summed E-state index contributed by atoms with van der Waals surface area (Å²) in [5.74, 6) is -1.40. The number of aromatic nitrogens is 1. The van der Waals surface area contributed by atoms with Gasteiger partial charge in [0.1, 0.15) is 0 Å². The average molecular weight is 410 g/mol. The van der Waals surface area contributed by atoms with Gasteiger partial charge in [-0.3, -0.25) is 14.4 Å². The van der Waals surface area contributed by atoms with Crippen LogP contribution >= 0.6 is 23.2 Å². The minimum absolute atomic E-state index is 0.113. The number of amides is 2. The van der Waals surface area contributed by atoms with Crippen LogP contribution in [0.15, 0.2) is 42.6 Å². The predicted molar refractivity (Wildman–Crippen MR) is 101 cm³/mol. The number of hydrogen-bond donors (Lipinski definition) is 2. The van der Waals surface area contributed by atoms with E-state index < -0.39 is 24.5 Å². The van der Waals surface area contributed by atoms with Gasteiger partial charge in [-0.2, -0.15) is 0 Å². The fourth-order valence-corrected chi connectivity index (χ4v) is 2.66. The van der Waals surface area contributed by atoms with E-state index in [4.69, 9.17) is 27.9 Å². The summed E-state index contributed by atoms with van der Waals surface area (Å²) in [5, 5.41) is 5.60. The Hall–Kier alpha value is -2.64. The van der Waals surface area contributed by atoms with Gasteiger partial charge in [-0.05, 0) is 11.6 Å². The standard InChI is InChI=1S/C18H17Cl2N3O4/c1-11(24)22-15(12-5-3-2-4-6-12)8-17(26)27-10-16(25)23-18-14(20)7-13(19)9-21-18/h2-7,9,15H,8,10H2,1H3,(H,22,24)(H,21,23,25)/t15-/m0/s1. The molecule has 1 aromatic carbocycles. The van der Waals surface area contributed by atoms with Crippen molar-refractivity contribution in [3.05, 3.63) is 58.2 Å². The monoisotopic (exact) mass is 409 g/mol.